The van der Waals surface area contributed by atoms with E-state index in [2.05, 4.69) is 15.3 Å². The number of hydrazone groups is 1. The van der Waals surface area contributed by atoms with Gasteiger partial charge in [0.2, 0.25) is 0 Å². The molecule has 1 aliphatic heterocycles. The number of rotatable bonds is 1. The highest BCUT2D eigenvalue weighted by atomic mass is 16.2. The fourth-order valence-corrected chi connectivity index (χ4v) is 2.38. The van der Waals surface area contributed by atoms with Crippen molar-refractivity contribution in [1.82, 2.24) is 10.2 Å². The molecule has 5 heteroatoms. The van der Waals surface area contributed by atoms with Gasteiger partial charge in [0.1, 0.15) is 0 Å². The molecule has 0 aromatic carbocycles. The van der Waals surface area contributed by atoms with Crippen molar-refractivity contribution in [2.24, 2.45) is 11.0 Å². The highest BCUT2D eigenvalue weighted by Gasteiger charge is 2.38. The molecule has 1 aromatic heterocycles. The summed E-state index contributed by atoms with van der Waals surface area (Å²) in [5, 5.41) is 13.8. The maximum atomic E-state index is 12.2. The van der Waals surface area contributed by atoms with Crippen LogP contribution in [-0.4, -0.2) is 21.8 Å². The van der Waals surface area contributed by atoms with Crippen LogP contribution in [0.25, 0.3) is 0 Å². The van der Waals surface area contributed by atoms with Gasteiger partial charge in [-0.3, -0.25) is 4.79 Å². The summed E-state index contributed by atoms with van der Waals surface area (Å²) in [7, 11) is 0. The van der Waals surface area contributed by atoms with Gasteiger partial charge < -0.3 is 0 Å². The van der Waals surface area contributed by atoms with Crippen LogP contribution < -0.4 is 5.01 Å². The van der Waals surface area contributed by atoms with Crippen molar-refractivity contribution < 1.29 is 4.79 Å². The van der Waals surface area contributed by atoms with E-state index in [0.29, 0.717) is 5.82 Å². The number of aromatic nitrogens is 2. The Hall–Kier alpha value is -1.78. The van der Waals surface area contributed by atoms with Gasteiger partial charge >= 0.3 is 0 Å². The summed E-state index contributed by atoms with van der Waals surface area (Å²) in [6.07, 6.45) is 4.11. The van der Waals surface area contributed by atoms with Gasteiger partial charge in [0.25, 0.3) is 5.91 Å². The largest absolute Gasteiger partial charge is 0.272 e. The molecule has 2 heterocycles. The first kappa shape index (κ1) is 10.4. The van der Waals surface area contributed by atoms with Crippen LogP contribution in [-0.2, 0) is 4.79 Å². The Morgan fingerprint density at radius 2 is 2.18 bits per heavy atom. The lowest BCUT2D eigenvalue weighted by Crippen LogP contribution is -2.29. The molecule has 88 valence electrons. The minimum Gasteiger partial charge on any atom is -0.272 e. The molecule has 3 rings (SSSR count). The van der Waals surface area contributed by atoms with E-state index in [-0.39, 0.29) is 11.8 Å². The molecule has 5 nitrogen and oxygen atoms in total. The average molecular weight is 230 g/mol. The van der Waals surface area contributed by atoms with Gasteiger partial charge in [-0.05, 0) is 38.3 Å². The van der Waals surface area contributed by atoms with E-state index in [4.69, 9.17) is 0 Å². The molecule has 1 aliphatic carbocycles. The molecule has 0 spiro atoms. The molecule has 1 fully saturated rings. The zero-order valence-corrected chi connectivity index (χ0v) is 9.76. The highest BCUT2D eigenvalue weighted by molar-refractivity contribution is 6.15. The zero-order valence-electron chi connectivity index (χ0n) is 9.76. The normalized spacial score (nSPS) is 23.6. The predicted octanol–water partition coefficient (Wildman–Crippen LogP) is 1.68. The number of fused-ring (bicyclic) bond motifs is 1. The van der Waals surface area contributed by atoms with Gasteiger partial charge in [0.15, 0.2) is 5.82 Å². The molecule has 2 aliphatic rings. The summed E-state index contributed by atoms with van der Waals surface area (Å²) in [5.41, 5.74) is 1.86. The monoisotopic (exact) mass is 230 g/mol. The lowest BCUT2D eigenvalue weighted by atomic mass is 9.87. The van der Waals surface area contributed by atoms with Crippen molar-refractivity contribution >= 4 is 17.4 Å². The van der Waals surface area contributed by atoms with Crippen LogP contribution in [0, 0.1) is 12.8 Å². The molecule has 1 amide bonds. The molecule has 17 heavy (non-hydrogen) atoms. The Kier molecular flexibility index (Phi) is 2.39. The molecule has 1 atom stereocenters. The number of hydrogen-bond donors (Lipinski definition) is 0. The SMILES string of the molecule is Cc1ccc(N2N=C3CCCCC3C2=O)nn1. The Bertz CT molecular complexity index is 480. The van der Waals surface area contributed by atoms with Crippen molar-refractivity contribution in [3.63, 3.8) is 0 Å². The van der Waals surface area contributed by atoms with E-state index >= 15 is 0 Å². The quantitative estimate of drug-likeness (QED) is 0.737. The van der Waals surface area contributed by atoms with E-state index < -0.39 is 0 Å². The minimum atomic E-state index is -0.00754. The maximum Gasteiger partial charge on any atom is 0.257 e. The van der Waals surface area contributed by atoms with Crippen LogP contribution in [0.15, 0.2) is 17.2 Å². The zero-order chi connectivity index (χ0) is 11.8. The van der Waals surface area contributed by atoms with E-state index in [1.54, 1.807) is 6.07 Å². The first-order valence-corrected chi connectivity index (χ1v) is 5.97. The van der Waals surface area contributed by atoms with Gasteiger partial charge in [0.05, 0.1) is 17.3 Å². The molecule has 1 saturated carbocycles. The third kappa shape index (κ3) is 1.71. The maximum absolute atomic E-state index is 12.2. The average Bonchev–Trinajstić information content (AvgIpc) is 2.69. The van der Waals surface area contributed by atoms with E-state index in [0.717, 1.165) is 37.1 Å². The van der Waals surface area contributed by atoms with Crippen molar-refractivity contribution in [2.75, 3.05) is 5.01 Å². The summed E-state index contributed by atoms with van der Waals surface area (Å²) >= 11 is 0. The lowest BCUT2D eigenvalue weighted by molar-refractivity contribution is -0.120. The van der Waals surface area contributed by atoms with Crippen LogP contribution >= 0.6 is 0 Å². The van der Waals surface area contributed by atoms with Crippen molar-refractivity contribution in [3.8, 4) is 0 Å². The van der Waals surface area contributed by atoms with Crippen LogP contribution in [0.1, 0.15) is 31.4 Å². The standard InChI is InChI=1S/C12H14N4O/c1-8-6-7-11(14-13-8)16-12(17)9-4-2-3-5-10(9)15-16/h6-7,9H,2-5H2,1H3. The number of aryl methyl sites for hydroxylation is 1. The third-order valence-corrected chi connectivity index (χ3v) is 3.31. The van der Waals surface area contributed by atoms with E-state index in [1.807, 2.05) is 13.0 Å². The third-order valence-electron chi connectivity index (χ3n) is 3.31. The summed E-state index contributed by atoms with van der Waals surface area (Å²) < 4.78 is 0. The van der Waals surface area contributed by atoms with Crippen LogP contribution in [0.3, 0.4) is 0 Å². The predicted molar refractivity (Wildman–Crippen MR) is 63.6 cm³/mol. The number of nitrogens with zero attached hydrogens (tertiary/aromatic N) is 4. The van der Waals surface area contributed by atoms with Gasteiger partial charge in [-0.25, -0.2) is 0 Å². The van der Waals surface area contributed by atoms with Crippen molar-refractivity contribution in [3.05, 3.63) is 17.8 Å². The molecule has 0 radical (unpaired) electrons. The topological polar surface area (TPSA) is 58.5 Å². The summed E-state index contributed by atoms with van der Waals surface area (Å²) in [5.74, 6) is 0.576. The number of carbonyl (C=O) groups excluding carboxylic acids is 1. The number of carbonyl (C=O) groups is 1. The summed E-state index contributed by atoms with van der Waals surface area (Å²) in [6, 6.07) is 3.64. The fourth-order valence-electron chi connectivity index (χ4n) is 2.38. The molecular weight excluding hydrogens is 216 g/mol. The Morgan fingerprint density at radius 1 is 1.29 bits per heavy atom. The van der Waals surface area contributed by atoms with Crippen LogP contribution in [0.4, 0.5) is 5.82 Å². The smallest absolute Gasteiger partial charge is 0.257 e. The molecule has 1 aromatic rings. The van der Waals surface area contributed by atoms with Crippen molar-refractivity contribution in [2.45, 2.75) is 32.6 Å². The molecule has 1 unspecified atom stereocenters. The second-order valence-electron chi connectivity index (χ2n) is 4.57. The molecule has 0 bridgehead atoms. The van der Waals surface area contributed by atoms with Gasteiger partial charge in [0, 0.05) is 0 Å². The number of anilines is 1. The molecule has 0 saturated heterocycles. The summed E-state index contributed by atoms with van der Waals surface area (Å²) in [6.45, 7) is 1.87. The minimum absolute atomic E-state index is 0.00754. The molecule has 0 N–H and O–H groups in total. The highest BCUT2D eigenvalue weighted by Crippen LogP contribution is 2.30. The number of hydrogen-bond acceptors (Lipinski definition) is 4. The second kappa shape index (κ2) is 3.91. The fraction of sp³-hybridized carbons (Fsp3) is 0.500. The first-order chi connectivity index (χ1) is 8.25. The van der Waals surface area contributed by atoms with Gasteiger partial charge in [-0.1, -0.05) is 6.42 Å². The summed E-state index contributed by atoms with van der Waals surface area (Å²) in [4.78, 5) is 12.2. The van der Waals surface area contributed by atoms with E-state index in [1.165, 1.54) is 5.01 Å². The first-order valence-electron chi connectivity index (χ1n) is 5.97. The Labute approximate surface area is 99.5 Å². The number of amides is 1. The van der Waals surface area contributed by atoms with Crippen LogP contribution in [0.5, 0.6) is 0 Å². The van der Waals surface area contributed by atoms with E-state index in [9.17, 15) is 4.79 Å². The van der Waals surface area contributed by atoms with Crippen LogP contribution in [0.2, 0.25) is 0 Å². The van der Waals surface area contributed by atoms with Crippen molar-refractivity contribution in [1.29, 1.82) is 0 Å². The van der Waals surface area contributed by atoms with Gasteiger partial charge in [-0.15, -0.1) is 5.10 Å². The Morgan fingerprint density at radius 3 is 2.88 bits per heavy atom. The van der Waals surface area contributed by atoms with Gasteiger partial charge in [-0.2, -0.15) is 15.2 Å². The Balaban J connectivity index is 1.92. The second-order valence-corrected chi connectivity index (χ2v) is 4.57. The lowest BCUT2D eigenvalue weighted by Gasteiger charge is -2.16. The molecular formula is C12H14N4O.